The van der Waals surface area contributed by atoms with Crippen LogP contribution in [0.25, 0.3) is 0 Å². The van der Waals surface area contributed by atoms with E-state index in [0.29, 0.717) is 36.8 Å². The molecule has 3 aromatic rings. The average Bonchev–Trinajstić information content (AvgIpc) is 3.30. The highest BCUT2D eigenvalue weighted by atomic mass is 16.5. The zero-order chi connectivity index (χ0) is 25.4. The van der Waals surface area contributed by atoms with E-state index in [4.69, 9.17) is 9.47 Å². The minimum absolute atomic E-state index is 0.0696. The quantitative estimate of drug-likeness (QED) is 0.339. The Labute approximate surface area is 221 Å². The molecule has 2 saturated carbocycles. The molecule has 0 aliphatic heterocycles. The molecule has 0 aromatic heterocycles. The minimum Gasteiger partial charge on any atom is -0.489 e. The average molecular weight is 495 g/mol. The topological polar surface area (TPSA) is 35.5 Å². The van der Waals surface area contributed by atoms with Crippen LogP contribution >= 0.6 is 0 Å². The van der Waals surface area contributed by atoms with Gasteiger partial charge in [0.1, 0.15) is 30.5 Å². The first-order valence-electron chi connectivity index (χ1n) is 14.1. The van der Waals surface area contributed by atoms with E-state index in [2.05, 4.69) is 62.4 Å². The van der Waals surface area contributed by atoms with Crippen molar-refractivity contribution in [2.45, 2.75) is 65.6 Å². The molecule has 3 aliphatic rings. The van der Waals surface area contributed by atoms with Gasteiger partial charge >= 0.3 is 0 Å². The SMILES string of the molecule is CC(C)C1CCC23Cc4c(OCc5ccccc5)ccc(OCc5ccccc5)c4CC2C(=O)CCC13. The number of ether oxygens (including phenoxy) is 2. The van der Waals surface area contributed by atoms with E-state index in [1.165, 1.54) is 23.1 Å². The van der Waals surface area contributed by atoms with Crippen molar-refractivity contribution in [1.29, 1.82) is 0 Å². The molecule has 3 heteroatoms. The van der Waals surface area contributed by atoms with Crippen LogP contribution in [0.4, 0.5) is 0 Å². The molecule has 0 bridgehead atoms. The highest BCUT2D eigenvalue weighted by Crippen LogP contribution is 2.63. The lowest BCUT2D eigenvalue weighted by atomic mass is 9.53. The lowest BCUT2D eigenvalue weighted by Gasteiger charge is -2.50. The Hall–Kier alpha value is -3.07. The highest BCUT2D eigenvalue weighted by molar-refractivity contribution is 5.84. The largest absolute Gasteiger partial charge is 0.489 e. The van der Waals surface area contributed by atoms with Crippen LogP contribution in [0.1, 0.15) is 61.8 Å². The lowest BCUT2D eigenvalue weighted by molar-refractivity contribution is -0.134. The fraction of sp³-hybridized carbons (Fsp3) is 0.441. The molecule has 0 amide bonds. The summed E-state index contributed by atoms with van der Waals surface area (Å²) in [5.74, 6) is 4.44. The maximum atomic E-state index is 13.5. The molecule has 3 aromatic carbocycles. The molecule has 3 aliphatic carbocycles. The normalized spacial score (nSPS) is 26.4. The van der Waals surface area contributed by atoms with E-state index < -0.39 is 0 Å². The van der Waals surface area contributed by atoms with Crippen LogP contribution in [0, 0.1) is 29.1 Å². The van der Waals surface area contributed by atoms with E-state index >= 15 is 0 Å². The summed E-state index contributed by atoms with van der Waals surface area (Å²) in [4.78, 5) is 13.5. The zero-order valence-electron chi connectivity index (χ0n) is 22.1. The van der Waals surface area contributed by atoms with Crippen molar-refractivity contribution >= 4 is 5.78 Å². The Morgan fingerprint density at radius 2 is 1.41 bits per heavy atom. The van der Waals surface area contributed by atoms with E-state index in [-0.39, 0.29) is 11.3 Å². The van der Waals surface area contributed by atoms with E-state index in [0.717, 1.165) is 49.2 Å². The van der Waals surface area contributed by atoms with Gasteiger partial charge in [-0.25, -0.2) is 0 Å². The first-order chi connectivity index (χ1) is 18.0. The van der Waals surface area contributed by atoms with Crippen LogP contribution in [0.3, 0.4) is 0 Å². The highest BCUT2D eigenvalue weighted by Gasteiger charge is 2.59. The maximum Gasteiger partial charge on any atom is 0.136 e. The number of rotatable bonds is 7. The van der Waals surface area contributed by atoms with Crippen molar-refractivity contribution in [2.24, 2.45) is 29.1 Å². The van der Waals surface area contributed by atoms with Gasteiger partial charge in [0.15, 0.2) is 0 Å². The summed E-state index contributed by atoms with van der Waals surface area (Å²) in [6.07, 6.45) is 5.90. The monoisotopic (exact) mass is 494 g/mol. The van der Waals surface area contributed by atoms with Gasteiger partial charge in [-0.3, -0.25) is 4.79 Å². The Morgan fingerprint density at radius 3 is 2.00 bits per heavy atom. The third-order valence-corrected chi connectivity index (χ3v) is 9.57. The van der Waals surface area contributed by atoms with Crippen LogP contribution in [-0.4, -0.2) is 5.78 Å². The number of Topliss-reactive ketones (excluding diaryl/α,β-unsaturated/α-hetero) is 1. The van der Waals surface area contributed by atoms with E-state index in [9.17, 15) is 4.79 Å². The van der Waals surface area contributed by atoms with Crippen LogP contribution in [0.5, 0.6) is 11.5 Å². The molecule has 37 heavy (non-hydrogen) atoms. The molecule has 4 unspecified atom stereocenters. The molecule has 0 radical (unpaired) electrons. The number of carbonyl (C=O) groups excluding carboxylic acids is 1. The van der Waals surface area contributed by atoms with Gasteiger partial charge in [0.05, 0.1) is 0 Å². The Kier molecular flexibility index (Phi) is 6.56. The molecule has 1 spiro atoms. The minimum atomic E-state index is 0.0696. The fourth-order valence-corrected chi connectivity index (χ4v) is 7.77. The molecule has 0 N–H and O–H groups in total. The fourth-order valence-electron chi connectivity index (χ4n) is 7.77. The van der Waals surface area contributed by atoms with Gasteiger partial charge in [-0.2, -0.15) is 0 Å². The number of ketones is 1. The van der Waals surface area contributed by atoms with E-state index in [1.807, 2.05) is 24.3 Å². The summed E-state index contributed by atoms with van der Waals surface area (Å²) in [6.45, 7) is 5.82. The molecular formula is C34H38O3. The van der Waals surface area contributed by atoms with Crippen LogP contribution in [0.2, 0.25) is 0 Å². The van der Waals surface area contributed by atoms with Gasteiger partial charge in [0.2, 0.25) is 0 Å². The third-order valence-electron chi connectivity index (χ3n) is 9.57. The van der Waals surface area contributed by atoms with Crippen molar-refractivity contribution in [2.75, 3.05) is 0 Å². The molecule has 4 atom stereocenters. The Balaban J connectivity index is 1.37. The van der Waals surface area contributed by atoms with Gasteiger partial charge in [-0.1, -0.05) is 74.5 Å². The Morgan fingerprint density at radius 1 is 0.811 bits per heavy atom. The van der Waals surface area contributed by atoms with Crippen LogP contribution < -0.4 is 9.47 Å². The van der Waals surface area contributed by atoms with Crippen molar-refractivity contribution in [1.82, 2.24) is 0 Å². The molecule has 0 heterocycles. The maximum absolute atomic E-state index is 13.5. The van der Waals surface area contributed by atoms with Crippen molar-refractivity contribution in [3.05, 3.63) is 95.1 Å². The number of fused-ring (bicyclic) bond motifs is 1. The third kappa shape index (κ3) is 4.47. The van der Waals surface area contributed by atoms with Gasteiger partial charge in [0.25, 0.3) is 0 Å². The van der Waals surface area contributed by atoms with E-state index in [1.54, 1.807) is 0 Å². The standard InChI is InChI=1S/C34H38O3/c1-23(2)26-17-18-34-20-28-27(19-30(34)31(35)14-13-29(26)34)32(36-21-24-9-5-3-6-10-24)15-16-33(28)37-22-25-11-7-4-8-12-25/h3-12,15-16,23,26,29-30H,13-14,17-22H2,1-2H3. The Bertz CT molecular complexity index is 1250. The summed E-state index contributed by atoms with van der Waals surface area (Å²) in [5.41, 5.74) is 4.86. The van der Waals surface area contributed by atoms with Gasteiger partial charge in [-0.15, -0.1) is 0 Å². The first-order valence-corrected chi connectivity index (χ1v) is 14.1. The predicted octanol–water partition coefficient (Wildman–Crippen LogP) is 7.59. The molecule has 2 fully saturated rings. The smallest absolute Gasteiger partial charge is 0.136 e. The summed E-state index contributed by atoms with van der Waals surface area (Å²) < 4.78 is 12.9. The van der Waals surface area contributed by atoms with Crippen LogP contribution in [-0.2, 0) is 30.8 Å². The number of hydrogen-bond donors (Lipinski definition) is 0. The second-order valence-electron chi connectivity index (χ2n) is 11.8. The van der Waals surface area contributed by atoms with Crippen LogP contribution in [0.15, 0.2) is 72.8 Å². The predicted molar refractivity (Wildman–Crippen MR) is 147 cm³/mol. The molecule has 6 rings (SSSR count). The van der Waals surface area contributed by atoms with Crippen molar-refractivity contribution < 1.29 is 14.3 Å². The van der Waals surface area contributed by atoms with Gasteiger partial charge in [0, 0.05) is 23.5 Å². The van der Waals surface area contributed by atoms with Crippen molar-refractivity contribution in [3.8, 4) is 11.5 Å². The molecule has 192 valence electrons. The van der Waals surface area contributed by atoms with Gasteiger partial charge < -0.3 is 9.47 Å². The second-order valence-corrected chi connectivity index (χ2v) is 11.8. The van der Waals surface area contributed by atoms with Gasteiger partial charge in [-0.05, 0) is 78.5 Å². The van der Waals surface area contributed by atoms with Crippen molar-refractivity contribution in [3.63, 3.8) is 0 Å². The molecule has 3 nitrogen and oxygen atoms in total. The number of hydrogen-bond acceptors (Lipinski definition) is 3. The summed E-state index contributed by atoms with van der Waals surface area (Å²) >= 11 is 0. The lowest BCUT2D eigenvalue weighted by Crippen LogP contribution is -2.49. The molecule has 0 saturated heterocycles. The first kappa shape index (κ1) is 24.3. The summed E-state index contributed by atoms with van der Waals surface area (Å²) in [7, 11) is 0. The summed E-state index contributed by atoms with van der Waals surface area (Å²) in [5, 5.41) is 0. The number of benzene rings is 3. The zero-order valence-corrected chi connectivity index (χ0v) is 22.1. The molecular weight excluding hydrogens is 456 g/mol. The number of carbonyl (C=O) groups is 1. The second kappa shape index (κ2) is 10.0. The summed E-state index contributed by atoms with van der Waals surface area (Å²) in [6, 6.07) is 24.9.